The molecule has 0 aliphatic rings. The zero-order chi connectivity index (χ0) is 12.0. The molecular formula is C11H18N4O. The third-order valence-corrected chi connectivity index (χ3v) is 2.16. The summed E-state index contributed by atoms with van der Waals surface area (Å²) in [5, 5.41) is 2.82. The minimum Gasteiger partial charge on any atom is -0.384 e. The van der Waals surface area contributed by atoms with Crippen LogP contribution in [0.5, 0.6) is 0 Å². The molecule has 0 saturated heterocycles. The van der Waals surface area contributed by atoms with Gasteiger partial charge in [-0.2, -0.15) is 0 Å². The molecule has 1 heterocycles. The van der Waals surface area contributed by atoms with Gasteiger partial charge in [0, 0.05) is 13.6 Å². The van der Waals surface area contributed by atoms with Gasteiger partial charge in [-0.3, -0.25) is 4.79 Å². The van der Waals surface area contributed by atoms with Crippen LogP contribution in [0.4, 0.5) is 11.5 Å². The third-order valence-electron chi connectivity index (χ3n) is 2.16. The number of nitrogens with two attached hydrogens (primary N) is 1. The molecular weight excluding hydrogens is 204 g/mol. The number of pyridine rings is 1. The van der Waals surface area contributed by atoms with Gasteiger partial charge in [-0.15, -0.1) is 0 Å². The highest BCUT2D eigenvalue weighted by atomic mass is 16.2. The van der Waals surface area contributed by atoms with Crippen molar-refractivity contribution in [3.63, 3.8) is 0 Å². The van der Waals surface area contributed by atoms with Crippen LogP contribution >= 0.6 is 0 Å². The van der Waals surface area contributed by atoms with Crippen LogP contribution < -0.4 is 16.0 Å². The lowest BCUT2D eigenvalue weighted by Gasteiger charge is -2.18. The van der Waals surface area contributed by atoms with E-state index < -0.39 is 0 Å². The molecule has 5 nitrogen and oxygen atoms in total. The first kappa shape index (κ1) is 12.3. The van der Waals surface area contributed by atoms with E-state index in [9.17, 15) is 4.79 Å². The number of amides is 1. The van der Waals surface area contributed by atoms with Crippen molar-refractivity contribution in [2.45, 2.75) is 13.3 Å². The molecule has 1 aromatic rings. The summed E-state index contributed by atoms with van der Waals surface area (Å²) in [6.45, 7) is 3.06. The largest absolute Gasteiger partial charge is 0.384 e. The van der Waals surface area contributed by atoms with Gasteiger partial charge < -0.3 is 16.0 Å². The highest BCUT2D eigenvalue weighted by Gasteiger charge is 2.06. The number of carbonyl (C=O) groups excluding carboxylic acids is 1. The summed E-state index contributed by atoms with van der Waals surface area (Å²) in [6, 6.07) is 3.56. The number of nitrogen functional groups attached to an aromatic ring is 1. The summed E-state index contributed by atoms with van der Waals surface area (Å²) in [5.41, 5.74) is 6.36. The van der Waals surface area contributed by atoms with Gasteiger partial charge >= 0.3 is 0 Å². The van der Waals surface area contributed by atoms with Gasteiger partial charge in [0.25, 0.3) is 0 Å². The van der Waals surface area contributed by atoms with Gasteiger partial charge in [0.1, 0.15) is 5.82 Å². The molecule has 0 aromatic carbocycles. The molecule has 0 aliphatic heterocycles. The maximum absolute atomic E-state index is 11.5. The molecule has 0 saturated carbocycles. The van der Waals surface area contributed by atoms with Crippen molar-refractivity contribution in [3.8, 4) is 0 Å². The molecule has 0 aliphatic carbocycles. The maximum atomic E-state index is 11.5. The topological polar surface area (TPSA) is 71.2 Å². The second-order valence-corrected chi connectivity index (χ2v) is 3.65. The zero-order valence-electron chi connectivity index (χ0n) is 9.73. The Morgan fingerprint density at radius 3 is 2.88 bits per heavy atom. The summed E-state index contributed by atoms with van der Waals surface area (Å²) in [7, 11) is 1.85. The summed E-state index contributed by atoms with van der Waals surface area (Å²) >= 11 is 0. The Morgan fingerprint density at radius 1 is 1.56 bits per heavy atom. The Labute approximate surface area is 95.7 Å². The van der Waals surface area contributed by atoms with E-state index in [1.807, 2.05) is 24.9 Å². The predicted octanol–water partition coefficient (Wildman–Crippen LogP) is 0.626. The molecule has 5 heteroatoms. The standard InChI is InChI=1S/C11H18N4O/c1-3-6-13-11(16)8-15(2)9-4-5-10(12)14-7-9/h4-5,7H,3,6,8H2,1-2H3,(H2,12,14)(H,13,16). The normalized spacial score (nSPS) is 9.88. The Morgan fingerprint density at radius 2 is 2.31 bits per heavy atom. The SMILES string of the molecule is CCCNC(=O)CN(C)c1ccc(N)nc1. The minimum atomic E-state index is 0.0150. The molecule has 0 fully saturated rings. The van der Waals surface area contributed by atoms with Crippen LogP contribution in [0.25, 0.3) is 0 Å². The van der Waals surface area contributed by atoms with Crippen LogP contribution in [0, 0.1) is 0 Å². The van der Waals surface area contributed by atoms with Crippen molar-refractivity contribution in [3.05, 3.63) is 18.3 Å². The van der Waals surface area contributed by atoms with Gasteiger partial charge in [-0.25, -0.2) is 4.98 Å². The number of anilines is 2. The molecule has 3 N–H and O–H groups in total. The lowest BCUT2D eigenvalue weighted by atomic mass is 10.3. The summed E-state index contributed by atoms with van der Waals surface area (Å²) in [5.74, 6) is 0.494. The molecule has 1 aromatic heterocycles. The Hall–Kier alpha value is -1.78. The van der Waals surface area contributed by atoms with E-state index >= 15 is 0 Å². The van der Waals surface area contributed by atoms with E-state index in [4.69, 9.17) is 5.73 Å². The number of carbonyl (C=O) groups is 1. The van der Waals surface area contributed by atoms with Gasteiger partial charge in [0.15, 0.2) is 0 Å². The van der Waals surface area contributed by atoms with Gasteiger partial charge in [0.05, 0.1) is 18.4 Å². The van der Waals surface area contributed by atoms with Crippen LogP contribution in [0.1, 0.15) is 13.3 Å². The van der Waals surface area contributed by atoms with Crippen molar-refractivity contribution in [1.82, 2.24) is 10.3 Å². The number of rotatable bonds is 5. The summed E-state index contributed by atoms with van der Waals surface area (Å²) in [6.07, 6.45) is 2.60. The number of likely N-dealkylation sites (N-methyl/N-ethyl adjacent to an activating group) is 1. The van der Waals surface area contributed by atoms with Gasteiger partial charge in [-0.05, 0) is 18.6 Å². The van der Waals surface area contributed by atoms with Crippen LogP contribution in [0.15, 0.2) is 18.3 Å². The third kappa shape index (κ3) is 3.76. The molecule has 0 radical (unpaired) electrons. The van der Waals surface area contributed by atoms with E-state index in [0.29, 0.717) is 18.9 Å². The smallest absolute Gasteiger partial charge is 0.239 e. The Kier molecular flexibility index (Phi) is 4.57. The average Bonchev–Trinajstić information content (AvgIpc) is 2.27. The fourth-order valence-electron chi connectivity index (χ4n) is 1.25. The van der Waals surface area contributed by atoms with Gasteiger partial charge in [0.2, 0.25) is 5.91 Å². The van der Waals surface area contributed by atoms with E-state index in [-0.39, 0.29) is 5.91 Å². The van der Waals surface area contributed by atoms with E-state index in [1.165, 1.54) is 0 Å². The van der Waals surface area contributed by atoms with E-state index in [2.05, 4.69) is 10.3 Å². The maximum Gasteiger partial charge on any atom is 0.239 e. The van der Waals surface area contributed by atoms with Crippen LogP contribution in [0.2, 0.25) is 0 Å². The minimum absolute atomic E-state index is 0.0150. The van der Waals surface area contributed by atoms with E-state index in [0.717, 1.165) is 12.1 Å². The van der Waals surface area contributed by atoms with Crippen molar-refractivity contribution in [2.24, 2.45) is 0 Å². The highest BCUT2D eigenvalue weighted by molar-refractivity contribution is 5.81. The van der Waals surface area contributed by atoms with Crippen molar-refractivity contribution in [1.29, 1.82) is 0 Å². The highest BCUT2D eigenvalue weighted by Crippen LogP contribution is 2.11. The molecule has 16 heavy (non-hydrogen) atoms. The molecule has 88 valence electrons. The Bertz CT molecular complexity index is 336. The molecule has 0 bridgehead atoms. The monoisotopic (exact) mass is 222 g/mol. The average molecular weight is 222 g/mol. The fourth-order valence-corrected chi connectivity index (χ4v) is 1.25. The number of hydrogen-bond donors (Lipinski definition) is 2. The number of nitrogens with zero attached hydrogens (tertiary/aromatic N) is 2. The van der Waals surface area contributed by atoms with Crippen LogP contribution in [-0.2, 0) is 4.79 Å². The Balaban J connectivity index is 2.48. The van der Waals surface area contributed by atoms with Gasteiger partial charge in [-0.1, -0.05) is 6.92 Å². The van der Waals surface area contributed by atoms with Crippen LogP contribution in [0.3, 0.4) is 0 Å². The molecule has 1 amide bonds. The lowest BCUT2D eigenvalue weighted by Crippen LogP contribution is -2.35. The van der Waals surface area contributed by atoms with Crippen LogP contribution in [-0.4, -0.2) is 31.0 Å². The number of hydrogen-bond acceptors (Lipinski definition) is 4. The molecule has 0 atom stereocenters. The molecule has 0 unspecified atom stereocenters. The second-order valence-electron chi connectivity index (χ2n) is 3.65. The number of aromatic nitrogens is 1. The fraction of sp³-hybridized carbons (Fsp3) is 0.455. The number of nitrogens with one attached hydrogen (secondary N) is 1. The quantitative estimate of drug-likeness (QED) is 0.766. The lowest BCUT2D eigenvalue weighted by molar-refractivity contribution is -0.119. The first-order valence-electron chi connectivity index (χ1n) is 5.33. The molecule has 1 rings (SSSR count). The van der Waals surface area contributed by atoms with Crippen molar-refractivity contribution >= 4 is 17.4 Å². The first-order valence-corrected chi connectivity index (χ1v) is 5.33. The summed E-state index contributed by atoms with van der Waals surface area (Å²) in [4.78, 5) is 17.3. The first-order chi connectivity index (χ1) is 7.63. The second kappa shape index (κ2) is 5.95. The molecule has 0 spiro atoms. The summed E-state index contributed by atoms with van der Waals surface area (Å²) < 4.78 is 0. The van der Waals surface area contributed by atoms with Crippen molar-refractivity contribution < 1.29 is 4.79 Å². The van der Waals surface area contributed by atoms with Crippen molar-refractivity contribution in [2.75, 3.05) is 30.8 Å². The van der Waals surface area contributed by atoms with E-state index in [1.54, 1.807) is 12.3 Å². The zero-order valence-corrected chi connectivity index (χ0v) is 9.73. The predicted molar refractivity (Wildman–Crippen MR) is 65.2 cm³/mol.